The predicted molar refractivity (Wildman–Crippen MR) is 74.8 cm³/mol. The number of aryl methyl sites for hydroxylation is 2. The van der Waals surface area contributed by atoms with Crippen LogP contribution >= 0.6 is 0 Å². The lowest BCUT2D eigenvalue weighted by molar-refractivity contribution is -0.137. The summed E-state index contributed by atoms with van der Waals surface area (Å²) in [5.41, 5.74) is 2.74. The molecule has 102 valence electrons. The Labute approximate surface area is 113 Å². The monoisotopic (exact) mass is 271 g/mol. The van der Waals surface area contributed by atoms with E-state index in [1.807, 2.05) is 25.1 Å². The van der Waals surface area contributed by atoms with Gasteiger partial charge >= 0.3 is 5.97 Å². The Hall–Kier alpha value is -2.63. The minimum absolute atomic E-state index is 0.105. The summed E-state index contributed by atoms with van der Waals surface area (Å²) in [6.45, 7) is 2.10. The van der Waals surface area contributed by atoms with Crippen LogP contribution in [0.15, 0.2) is 29.3 Å². The molecule has 0 fully saturated rings. The van der Waals surface area contributed by atoms with Crippen LogP contribution in [0.4, 0.5) is 0 Å². The highest BCUT2D eigenvalue weighted by molar-refractivity contribution is 6.04. The number of aliphatic carboxylic acids is 1. The van der Waals surface area contributed by atoms with Gasteiger partial charge < -0.3 is 10.1 Å². The lowest BCUT2D eigenvalue weighted by Crippen LogP contribution is -2.21. The van der Waals surface area contributed by atoms with Crippen molar-refractivity contribution < 1.29 is 9.90 Å². The summed E-state index contributed by atoms with van der Waals surface area (Å²) >= 11 is 0. The molecule has 0 atom stereocenters. The average molecular weight is 271 g/mol. The maximum absolute atomic E-state index is 12.3. The minimum Gasteiger partial charge on any atom is -0.481 e. The van der Waals surface area contributed by atoms with Crippen molar-refractivity contribution in [2.24, 2.45) is 0 Å². The minimum atomic E-state index is -0.940. The highest BCUT2D eigenvalue weighted by atomic mass is 16.4. The molecule has 3 aromatic rings. The average Bonchev–Trinajstić information content (AvgIpc) is 2.77. The third-order valence-electron chi connectivity index (χ3n) is 3.29. The van der Waals surface area contributed by atoms with Crippen molar-refractivity contribution in [3.05, 3.63) is 40.4 Å². The zero-order valence-corrected chi connectivity index (χ0v) is 10.9. The van der Waals surface area contributed by atoms with Crippen LogP contribution in [-0.2, 0) is 11.3 Å². The maximum Gasteiger partial charge on any atom is 0.305 e. The smallest absolute Gasteiger partial charge is 0.305 e. The van der Waals surface area contributed by atoms with E-state index >= 15 is 0 Å². The Morgan fingerprint density at radius 3 is 3.00 bits per heavy atom. The molecule has 2 N–H and O–H groups in total. The largest absolute Gasteiger partial charge is 0.481 e. The first-order chi connectivity index (χ1) is 9.56. The van der Waals surface area contributed by atoms with Gasteiger partial charge in [0.05, 0.1) is 12.7 Å². The molecule has 2 heterocycles. The second-order valence-electron chi connectivity index (χ2n) is 4.78. The van der Waals surface area contributed by atoms with Crippen molar-refractivity contribution in [1.82, 2.24) is 14.5 Å². The number of H-pyrrole nitrogens is 1. The summed E-state index contributed by atoms with van der Waals surface area (Å²) in [6, 6.07) is 5.84. The number of nitrogens with zero attached hydrogens (tertiary/aromatic N) is 2. The number of hydrogen-bond acceptors (Lipinski definition) is 3. The molecule has 0 aliphatic rings. The first-order valence-electron chi connectivity index (χ1n) is 6.25. The molecule has 20 heavy (non-hydrogen) atoms. The van der Waals surface area contributed by atoms with Gasteiger partial charge in [-0.15, -0.1) is 0 Å². The molecular weight excluding hydrogens is 258 g/mol. The van der Waals surface area contributed by atoms with Crippen molar-refractivity contribution in [1.29, 1.82) is 0 Å². The van der Waals surface area contributed by atoms with Crippen LogP contribution in [0.1, 0.15) is 12.0 Å². The molecule has 0 amide bonds. The molecular formula is C14H13N3O3. The van der Waals surface area contributed by atoms with Gasteiger partial charge in [0, 0.05) is 17.4 Å². The van der Waals surface area contributed by atoms with Crippen molar-refractivity contribution in [3.63, 3.8) is 0 Å². The number of carboxylic acids is 1. The number of benzene rings is 1. The van der Waals surface area contributed by atoms with Crippen molar-refractivity contribution in [2.75, 3.05) is 0 Å². The van der Waals surface area contributed by atoms with Crippen molar-refractivity contribution in [3.8, 4) is 0 Å². The van der Waals surface area contributed by atoms with Crippen LogP contribution in [0.25, 0.3) is 21.9 Å². The fourth-order valence-corrected chi connectivity index (χ4v) is 2.28. The number of aromatic amines is 1. The number of fused-ring (bicyclic) bond motifs is 3. The molecule has 2 aromatic heterocycles. The van der Waals surface area contributed by atoms with Crippen molar-refractivity contribution in [2.45, 2.75) is 19.9 Å². The highest BCUT2D eigenvalue weighted by Gasteiger charge is 2.11. The predicted octanol–water partition coefficient (Wildman–Crippen LogP) is 1.66. The molecule has 3 rings (SSSR count). The third kappa shape index (κ3) is 1.95. The molecule has 1 aromatic carbocycles. The first kappa shape index (κ1) is 12.4. The number of nitrogens with one attached hydrogen (secondary N) is 1. The lowest BCUT2D eigenvalue weighted by Gasteiger charge is -2.02. The number of aromatic nitrogens is 3. The van der Waals surface area contributed by atoms with E-state index in [0.29, 0.717) is 11.0 Å². The van der Waals surface area contributed by atoms with Crippen LogP contribution in [0, 0.1) is 6.92 Å². The normalized spacial score (nSPS) is 11.2. The molecule has 0 aliphatic heterocycles. The van der Waals surface area contributed by atoms with Gasteiger partial charge in [-0.05, 0) is 19.1 Å². The van der Waals surface area contributed by atoms with E-state index in [0.717, 1.165) is 16.5 Å². The number of carboxylic acid groups (broad SMARTS) is 1. The van der Waals surface area contributed by atoms with E-state index < -0.39 is 5.97 Å². The number of hydrogen-bond donors (Lipinski definition) is 2. The molecule has 0 bridgehead atoms. The topological polar surface area (TPSA) is 88.0 Å². The molecule has 0 spiro atoms. The summed E-state index contributed by atoms with van der Waals surface area (Å²) in [4.78, 5) is 30.2. The van der Waals surface area contributed by atoms with E-state index in [1.165, 1.54) is 10.9 Å². The molecule has 0 unspecified atom stereocenters. The number of rotatable bonds is 3. The van der Waals surface area contributed by atoms with Gasteiger partial charge in [0.25, 0.3) is 5.56 Å². The molecule has 0 radical (unpaired) electrons. The molecule has 0 saturated carbocycles. The van der Waals surface area contributed by atoms with E-state index in [-0.39, 0.29) is 18.5 Å². The molecule has 0 aliphatic carbocycles. The second kappa shape index (κ2) is 4.48. The van der Waals surface area contributed by atoms with Gasteiger partial charge in [-0.3, -0.25) is 14.2 Å². The fraction of sp³-hybridized carbons (Fsp3) is 0.214. The second-order valence-corrected chi connectivity index (χ2v) is 4.78. The van der Waals surface area contributed by atoms with Gasteiger partial charge in [-0.25, -0.2) is 4.98 Å². The van der Waals surface area contributed by atoms with Gasteiger partial charge in [0.2, 0.25) is 0 Å². The van der Waals surface area contributed by atoms with Crippen LogP contribution in [0.3, 0.4) is 0 Å². The summed E-state index contributed by atoms with van der Waals surface area (Å²) in [7, 11) is 0. The third-order valence-corrected chi connectivity index (χ3v) is 3.29. The van der Waals surface area contributed by atoms with Crippen LogP contribution < -0.4 is 5.56 Å². The van der Waals surface area contributed by atoms with E-state index in [4.69, 9.17) is 5.11 Å². The van der Waals surface area contributed by atoms with Gasteiger partial charge in [0.15, 0.2) is 0 Å². The Kier molecular flexibility index (Phi) is 2.78. The fourth-order valence-electron chi connectivity index (χ4n) is 2.28. The zero-order chi connectivity index (χ0) is 14.3. The van der Waals surface area contributed by atoms with Gasteiger partial charge in [-0.2, -0.15) is 0 Å². The Bertz CT molecular complexity index is 876. The summed E-state index contributed by atoms with van der Waals surface area (Å²) in [5.74, 6) is -0.940. The quantitative estimate of drug-likeness (QED) is 0.758. The lowest BCUT2D eigenvalue weighted by atomic mass is 10.2. The van der Waals surface area contributed by atoms with E-state index in [1.54, 1.807) is 0 Å². The van der Waals surface area contributed by atoms with Gasteiger partial charge in [-0.1, -0.05) is 11.6 Å². The molecule has 6 nitrogen and oxygen atoms in total. The van der Waals surface area contributed by atoms with E-state index in [2.05, 4.69) is 9.97 Å². The standard InChI is InChI=1S/C14H13N3O3/c1-8-2-3-10-9(6-8)12-13(16-10)14(20)17(7-15-12)5-4-11(18)19/h2-3,6-7,16H,4-5H2,1H3,(H,18,19). The number of carbonyl (C=O) groups is 1. The highest BCUT2D eigenvalue weighted by Crippen LogP contribution is 2.22. The first-order valence-corrected chi connectivity index (χ1v) is 6.25. The summed E-state index contributed by atoms with van der Waals surface area (Å²) < 4.78 is 1.32. The van der Waals surface area contributed by atoms with E-state index in [9.17, 15) is 9.59 Å². The molecule has 0 saturated heterocycles. The maximum atomic E-state index is 12.3. The Morgan fingerprint density at radius 2 is 2.25 bits per heavy atom. The summed E-state index contributed by atoms with van der Waals surface area (Å²) in [6.07, 6.45) is 1.30. The zero-order valence-electron chi connectivity index (χ0n) is 10.9. The summed E-state index contributed by atoms with van der Waals surface area (Å²) in [5, 5.41) is 9.59. The van der Waals surface area contributed by atoms with Crippen LogP contribution in [-0.4, -0.2) is 25.6 Å². The molecule has 6 heteroatoms. The van der Waals surface area contributed by atoms with Crippen LogP contribution in [0.5, 0.6) is 0 Å². The van der Waals surface area contributed by atoms with Crippen LogP contribution in [0.2, 0.25) is 0 Å². The van der Waals surface area contributed by atoms with Gasteiger partial charge in [0.1, 0.15) is 11.0 Å². The Morgan fingerprint density at radius 1 is 1.45 bits per heavy atom. The Balaban J connectivity index is 2.20. The van der Waals surface area contributed by atoms with Crippen molar-refractivity contribution >= 4 is 27.9 Å². The SMILES string of the molecule is Cc1ccc2[nH]c3c(=O)n(CCC(=O)O)cnc3c2c1.